The number of ketones is 1. The van der Waals surface area contributed by atoms with Crippen molar-refractivity contribution >= 4 is 11.9 Å². The summed E-state index contributed by atoms with van der Waals surface area (Å²) in [5.41, 5.74) is -0.0855. The number of carbonyl (C=O) groups excluding carboxylic acids is 2. The number of hydrogen-bond donors (Lipinski definition) is 1. The Balaban J connectivity index is 4.71. The van der Waals surface area contributed by atoms with Gasteiger partial charge in [0.1, 0.15) is 0 Å². The van der Waals surface area contributed by atoms with E-state index in [2.05, 4.69) is 10.1 Å². The molecule has 0 aromatic rings. The Hall–Kier alpha value is -1.53. The second-order valence-corrected chi connectivity index (χ2v) is 3.48. The number of amides is 1. The van der Waals surface area contributed by atoms with E-state index in [4.69, 9.17) is 0 Å². The van der Waals surface area contributed by atoms with Crippen LogP contribution in [0.25, 0.3) is 0 Å². The SMILES string of the molecule is CCCC/C(=C/C(=O)C(F)(F)F)NC(=O)OCC. The number of unbranched alkanes of at least 4 members (excludes halogenated alkanes) is 1. The Morgan fingerprint density at radius 2 is 1.89 bits per heavy atom. The van der Waals surface area contributed by atoms with Crippen molar-refractivity contribution in [1.29, 1.82) is 0 Å². The fraction of sp³-hybridized carbons (Fsp3) is 0.636. The fourth-order valence-electron chi connectivity index (χ4n) is 1.08. The summed E-state index contributed by atoms with van der Waals surface area (Å²) >= 11 is 0. The van der Waals surface area contributed by atoms with Crippen LogP contribution in [0, 0.1) is 0 Å². The van der Waals surface area contributed by atoms with Crippen molar-refractivity contribution in [3.05, 3.63) is 11.8 Å². The highest BCUT2D eigenvalue weighted by atomic mass is 19.4. The molecule has 1 amide bonds. The first-order chi connectivity index (χ1) is 8.31. The van der Waals surface area contributed by atoms with Gasteiger partial charge in [-0.2, -0.15) is 13.2 Å². The molecule has 0 aliphatic rings. The Morgan fingerprint density at radius 1 is 1.28 bits per heavy atom. The molecule has 7 heteroatoms. The van der Waals surface area contributed by atoms with Gasteiger partial charge in [0, 0.05) is 11.8 Å². The van der Waals surface area contributed by atoms with E-state index in [9.17, 15) is 22.8 Å². The van der Waals surface area contributed by atoms with Crippen LogP contribution in [0.5, 0.6) is 0 Å². The summed E-state index contributed by atoms with van der Waals surface area (Å²) in [6.45, 7) is 3.50. The molecule has 0 radical (unpaired) electrons. The molecule has 0 aromatic carbocycles. The van der Waals surface area contributed by atoms with Crippen molar-refractivity contribution in [3.8, 4) is 0 Å². The second-order valence-electron chi connectivity index (χ2n) is 3.48. The molecule has 0 unspecified atom stereocenters. The quantitative estimate of drug-likeness (QED) is 0.753. The van der Waals surface area contributed by atoms with E-state index < -0.39 is 18.1 Å². The number of halogens is 3. The number of rotatable bonds is 6. The number of nitrogens with one attached hydrogen (secondary N) is 1. The average Bonchev–Trinajstić information content (AvgIpc) is 2.24. The lowest BCUT2D eigenvalue weighted by atomic mass is 10.1. The summed E-state index contributed by atoms with van der Waals surface area (Å²) in [6, 6.07) is 0. The molecule has 4 nitrogen and oxygen atoms in total. The molecule has 0 aliphatic carbocycles. The predicted octanol–water partition coefficient (Wildman–Crippen LogP) is 2.94. The summed E-state index contributed by atoms with van der Waals surface area (Å²) in [6.07, 6.45) is -3.95. The van der Waals surface area contributed by atoms with Crippen molar-refractivity contribution in [1.82, 2.24) is 5.32 Å². The highest BCUT2D eigenvalue weighted by molar-refractivity contribution is 5.95. The molecule has 0 spiro atoms. The monoisotopic (exact) mass is 267 g/mol. The van der Waals surface area contributed by atoms with Crippen molar-refractivity contribution in [2.45, 2.75) is 39.3 Å². The van der Waals surface area contributed by atoms with Gasteiger partial charge < -0.3 is 4.74 Å². The molecule has 1 N–H and O–H groups in total. The van der Waals surface area contributed by atoms with Crippen LogP contribution in [0.1, 0.15) is 33.1 Å². The highest BCUT2D eigenvalue weighted by Gasteiger charge is 2.36. The molecule has 18 heavy (non-hydrogen) atoms. The van der Waals surface area contributed by atoms with E-state index in [0.717, 1.165) is 6.42 Å². The smallest absolute Gasteiger partial charge is 0.450 e. The lowest BCUT2D eigenvalue weighted by molar-refractivity contribution is -0.165. The highest BCUT2D eigenvalue weighted by Crippen LogP contribution is 2.18. The zero-order chi connectivity index (χ0) is 14.2. The Bertz CT molecular complexity index is 324. The molecule has 0 fully saturated rings. The minimum Gasteiger partial charge on any atom is -0.450 e. The van der Waals surface area contributed by atoms with E-state index >= 15 is 0 Å². The van der Waals surface area contributed by atoms with E-state index in [1.165, 1.54) is 0 Å². The van der Waals surface area contributed by atoms with Crippen LogP contribution >= 0.6 is 0 Å². The molecule has 0 heterocycles. The van der Waals surface area contributed by atoms with E-state index in [1.807, 2.05) is 6.92 Å². The van der Waals surface area contributed by atoms with Gasteiger partial charge in [-0.3, -0.25) is 10.1 Å². The molecule has 0 aromatic heterocycles. The van der Waals surface area contributed by atoms with Crippen LogP contribution in [-0.2, 0) is 9.53 Å². The summed E-state index contributed by atoms with van der Waals surface area (Å²) in [4.78, 5) is 21.9. The molecule has 0 rings (SSSR count). The number of allylic oxidation sites excluding steroid dienone is 2. The summed E-state index contributed by atoms with van der Waals surface area (Å²) in [5.74, 6) is -1.99. The van der Waals surface area contributed by atoms with Crippen LogP contribution in [0.3, 0.4) is 0 Å². The number of carbonyl (C=O) groups is 2. The minimum atomic E-state index is -4.94. The van der Waals surface area contributed by atoms with Crippen LogP contribution in [-0.4, -0.2) is 24.7 Å². The van der Waals surface area contributed by atoms with Crippen molar-refractivity contribution in [2.75, 3.05) is 6.61 Å². The standard InChI is InChI=1S/C11H16F3NO3/c1-3-5-6-8(15-10(17)18-4-2)7-9(16)11(12,13)14/h7H,3-6H2,1-2H3,(H,15,17)/b8-7-. The maximum atomic E-state index is 12.1. The van der Waals surface area contributed by atoms with E-state index in [1.54, 1.807) is 6.92 Å². The van der Waals surface area contributed by atoms with Gasteiger partial charge in [0.05, 0.1) is 6.61 Å². The molecular weight excluding hydrogens is 251 g/mol. The molecular formula is C11H16F3NO3. The second kappa shape index (κ2) is 7.73. The molecule has 0 saturated carbocycles. The third kappa shape index (κ3) is 6.93. The zero-order valence-electron chi connectivity index (χ0n) is 10.3. The van der Waals surface area contributed by atoms with Crippen molar-refractivity contribution in [2.24, 2.45) is 0 Å². The Kier molecular flexibility index (Phi) is 7.07. The minimum absolute atomic E-state index is 0.0855. The first kappa shape index (κ1) is 16.5. The molecule has 0 atom stereocenters. The summed E-state index contributed by atoms with van der Waals surface area (Å²) < 4.78 is 40.8. The maximum Gasteiger partial charge on any atom is 0.454 e. The van der Waals surface area contributed by atoms with Gasteiger partial charge in [-0.25, -0.2) is 4.79 Å². The van der Waals surface area contributed by atoms with Crippen LogP contribution in [0.15, 0.2) is 11.8 Å². The average molecular weight is 267 g/mol. The molecule has 104 valence electrons. The van der Waals surface area contributed by atoms with Crippen molar-refractivity contribution < 1.29 is 27.5 Å². The number of alkyl halides is 3. The summed E-state index contributed by atoms with van der Waals surface area (Å²) in [5, 5.41) is 2.13. The van der Waals surface area contributed by atoms with Gasteiger partial charge in [0.15, 0.2) is 0 Å². The van der Waals surface area contributed by atoms with Gasteiger partial charge in [-0.05, 0) is 19.8 Å². The van der Waals surface area contributed by atoms with Gasteiger partial charge in [-0.15, -0.1) is 0 Å². The molecule has 0 aliphatic heterocycles. The number of hydrogen-bond acceptors (Lipinski definition) is 3. The van der Waals surface area contributed by atoms with E-state index in [-0.39, 0.29) is 18.7 Å². The van der Waals surface area contributed by atoms with Gasteiger partial charge >= 0.3 is 12.3 Å². The van der Waals surface area contributed by atoms with E-state index in [0.29, 0.717) is 12.5 Å². The fourth-order valence-corrected chi connectivity index (χ4v) is 1.08. The zero-order valence-corrected chi connectivity index (χ0v) is 10.3. The third-order valence-electron chi connectivity index (χ3n) is 1.92. The topological polar surface area (TPSA) is 55.4 Å². The van der Waals surface area contributed by atoms with Gasteiger partial charge in [0.2, 0.25) is 0 Å². The van der Waals surface area contributed by atoms with Crippen LogP contribution in [0.2, 0.25) is 0 Å². The predicted molar refractivity (Wildman–Crippen MR) is 58.8 cm³/mol. The van der Waals surface area contributed by atoms with Gasteiger partial charge in [0.25, 0.3) is 5.78 Å². The normalized spacial score (nSPS) is 12.2. The molecule has 0 saturated heterocycles. The van der Waals surface area contributed by atoms with Gasteiger partial charge in [-0.1, -0.05) is 13.3 Å². The first-order valence-electron chi connectivity index (χ1n) is 5.56. The number of ether oxygens (including phenoxy) is 1. The maximum absolute atomic E-state index is 12.1. The first-order valence-corrected chi connectivity index (χ1v) is 5.56. The van der Waals surface area contributed by atoms with Crippen molar-refractivity contribution in [3.63, 3.8) is 0 Å². The number of alkyl carbamates (subject to hydrolysis) is 1. The van der Waals surface area contributed by atoms with Crippen LogP contribution in [0.4, 0.5) is 18.0 Å². The summed E-state index contributed by atoms with van der Waals surface area (Å²) in [7, 11) is 0. The largest absolute Gasteiger partial charge is 0.454 e. The lowest BCUT2D eigenvalue weighted by Crippen LogP contribution is -2.27. The van der Waals surface area contributed by atoms with Crippen LogP contribution < -0.4 is 5.32 Å². The Labute approximate surface area is 103 Å². The molecule has 0 bridgehead atoms. The lowest BCUT2D eigenvalue weighted by Gasteiger charge is -2.10. The Morgan fingerprint density at radius 3 is 2.33 bits per heavy atom. The third-order valence-corrected chi connectivity index (χ3v) is 1.92.